The molecular weight excluding hydrogens is 258 g/mol. The lowest BCUT2D eigenvalue weighted by Crippen LogP contribution is -2.42. The lowest BCUT2D eigenvalue weighted by molar-refractivity contribution is -0.138. The molecule has 0 aromatic heterocycles. The normalized spacial score (nSPS) is 11.8. The molecule has 1 N–H and O–H groups in total. The third-order valence-electron chi connectivity index (χ3n) is 3.35. The van der Waals surface area contributed by atoms with Crippen LogP contribution in [0.5, 0.6) is 5.75 Å². The van der Waals surface area contributed by atoms with E-state index in [1.807, 2.05) is 20.8 Å². The van der Waals surface area contributed by atoms with Crippen molar-refractivity contribution in [1.82, 2.24) is 4.90 Å². The number of benzene rings is 1. The number of amides is 1. The van der Waals surface area contributed by atoms with E-state index in [0.29, 0.717) is 17.7 Å². The molecule has 1 atom stereocenters. The molecule has 5 nitrogen and oxygen atoms in total. The van der Waals surface area contributed by atoms with Gasteiger partial charge in [0.15, 0.2) is 0 Å². The summed E-state index contributed by atoms with van der Waals surface area (Å²) < 4.78 is 5.10. The summed E-state index contributed by atoms with van der Waals surface area (Å²) in [7, 11) is 1.56. The van der Waals surface area contributed by atoms with Gasteiger partial charge in [0.05, 0.1) is 7.11 Å². The fourth-order valence-corrected chi connectivity index (χ4v) is 1.95. The number of hydrogen-bond acceptors (Lipinski definition) is 3. The number of ether oxygens (including phenoxy) is 1. The molecule has 0 fully saturated rings. The van der Waals surface area contributed by atoms with Crippen molar-refractivity contribution in [2.45, 2.75) is 33.2 Å². The molecule has 0 aliphatic heterocycles. The van der Waals surface area contributed by atoms with E-state index in [1.54, 1.807) is 25.3 Å². The Bertz CT molecular complexity index is 499. The first-order chi connectivity index (χ1) is 9.40. The predicted molar refractivity (Wildman–Crippen MR) is 76.2 cm³/mol. The molecule has 0 aliphatic carbocycles. The summed E-state index contributed by atoms with van der Waals surface area (Å²) in [6.07, 6.45) is 0.703. The van der Waals surface area contributed by atoms with E-state index in [9.17, 15) is 9.59 Å². The number of hydrogen-bond donors (Lipinski definition) is 1. The first kappa shape index (κ1) is 16.0. The summed E-state index contributed by atoms with van der Waals surface area (Å²) in [6, 6.07) is 5.02. The van der Waals surface area contributed by atoms with Gasteiger partial charge in [-0.3, -0.25) is 9.59 Å². The van der Waals surface area contributed by atoms with E-state index < -0.39 is 5.97 Å². The number of aryl methyl sites for hydroxylation is 1. The second-order valence-electron chi connectivity index (χ2n) is 4.76. The Morgan fingerprint density at radius 1 is 1.40 bits per heavy atom. The second-order valence-corrected chi connectivity index (χ2v) is 4.76. The first-order valence-electron chi connectivity index (χ1n) is 6.58. The Hall–Kier alpha value is -2.04. The van der Waals surface area contributed by atoms with Crippen molar-refractivity contribution in [3.05, 3.63) is 29.3 Å². The molecule has 1 amide bonds. The maximum Gasteiger partial charge on any atom is 0.323 e. The van der Waals surface area contributed by atoms with Crippen LogP contribution in [0.4, 0.5) is 0 Å². The topological polar surface area (TPSA) is 66.8 Å². The number of methoxy groups -OCH3 is 1. The molecular formula is C15H21NO4. The van der Waals surface area contributed by atoms with Gasteiger partial charge in [0, 0.05) is 11.6 Å². The van der Waals surface area contributed by atoms with Crippen LogP contribution in [0.15, 0.2) is 18.2 Å². The highest BCUT2D eigenvalue weighted by Crippen LogP contribution is 2.19. The summed E-state index contributed by atoms with van der Waals surface area (Å²) in [5.41, 5.74) is 1.28. The van der Waals surface area contributed by atoms with Gasteiger partial charge in [0.2, 0.25) is 0 Å². The van der Waals surface area contributed by atoms with Gasteiger partial charge in [-0.1, -0.05) is 6.92 Å². The molecule has 1 aromatic rings. The third-order valence-corrected chi connectivity index (χ3v) is 3.35. The number of carbonyl (C=O) groups excluding carboxylic acids is 1. The molecule has 0 aliphatic rings. The fourth-order valence-electron chi connectivity index (χ4n) is 1.95. The lowest BCUT2D eigenvalue weighted by atomic mass is 10.1. The first-order valence-corrected chi connectivity index (χ1v) is 6.58. The van der Waals surface area contributed by atoms with Crippen LogP contribution in [-0.2, 0) is 4.79 Å². The van der Waals surface area contributed by atoms with Crippen LogP contribution >= 0.6 is 0 Å². The fraction of sp³-hybridized carbons (Fsp3) is 0.467. The van der Waals surface area contributed by atoms with Crippen LogP contribution in [0, 0.1) is 6.92 Å². The van der Waals surface area contributed by atoms with Crippen molar-refractivity contribution in [2.24, 2.45) is 0 Å². The van der Waals surface area contributed by atoms with Crippen LogP contribution in [0.1, 0.15) is 36.2 Å². The van der Waals surface area contributed by atoms with E-state index in [0.717, 1.165) is 5.56 Å². The van der Waals surface area contributed by atoms with Gasteiger partial charge < -0.3 is 14.7 Å². The summed E-state index contributed by atoms with van der Waals surface area (Å²) >= 11 is 0. The molecule has 0 bridgehead atoms. The zero-order valence-corrected chi connectivity index (χ0v) is 12.3. The molecule has 1 unspecified atom stereocenters. The number of rotatable bonds is 6. The number of carboxylic acids is 1. The van der Waals surface area contributed by atoms with Crippen molar-refractivity contribution >= 4 is 11.9 Å². The van der Waals surface area contributed by atoms with E-state index in [-0.39, 0.29) is 18.5 Å². The Kier molecular flexibility index (Phi) is 5.55. The number of nitrogens with zero attached hydrogens (tertiary/aromatic N) is 1. The Labute approximate surface area is 119 Å². The van der Waals surface area contributed by atoms with Crippen LogP contribution in [0.3, 0.4) is 0 Å². The zero-order valence-electron chi connectivity index (χ0n) is 12.3. The lowest BCUT2D eigenvalue weighted by Gasteiger charge is -2.27. The Morgan fingerprint density at radius 2 is 2.05 bits per heavy atom. The highest BCUT2D eigenvalue weighted by atomic mass is 16.5. The van der Waals surface area contributed by atoms with E-state index in [4.69, 9.17) is 9.84 Å². The van der Waals surface area contributed by atoms with Gasteiger partial charge >= 0.3 is 5.97 Å². The minimum absolute atomic E-state index is 0.125. The summed E-state index contributed by atoms with van der Waals surface area (Å²) in [4.78, 5) is 24.8. The second kappa shape index (κ2) is 6.93. The summed E-state index contributed by atoms with van der Waals surface area (Å²) in [5, 5.41) is 8.96. The number of aliphatic carboxylic acids is 1. The molecule has 20 heavy (non-hydrogen) atoms. The average Bonchev–Trinajstić information content (AvgIpc) is 2.42. The largest absolute Gasteiger partial charge is 0.497 e. The highest BCUT2D eigenvalue weighted by molar-refractivity contribution is 5.97. The Morgan fingerprint density at radius 3 is 2.50 bits per heavy atom. The Balaban J connectivity index is 3.08. The van der Waals surface area contributed by atoms with Crippen LogP contribution in [0.25, 0.3) is 0 Å². The molecule has 0 radical (unpaired) electrons. The van der Waals surface area contributed by atoms with E-state index >= 15 is 0 Å². The predicted octanol–water partition coefficient (Wildman–Crippen LogP) is 2.33. The summed E-state index contributed by atoms with van der Waals surface area (Å²) in [5.74, 6) is -0.598. The van der Waals surface area contributed by atoms with Crippen LogP contribution < -0.4 is 4.74 Å². The maximum atomic E-state index is 12.5. The van der Waals surface area contributed by atoms with Crippen molar-refractivity contribution in [2.75, 3.05) is 13.7 Å². The zero-order chi connectivity index (χ0) is 15.3. The van der Waals surface area contributed by atoms with Gasteiger partial charge in [0.1, 0.15) is 12.3 Å². The third kappa shape index (κ3) is 3.73. The van der Waals surface area contributed by atoms with Gasteiger partial charge in [-0.05, 0) is 44.0 Å². The van der Waals surface area contributed by atoms with Gasteiger partial charge in [-0.25, -0.2) is 0 Å². The quantitative estimate of drug-likeness (QED) is 0.868. The van der Waals surface area contributed by atoms with Crippen LogP contribution in [0.2, 0.25) is 0 Å². The molecule has 0 saturated carbocycles. The molecule has 1 aromatic carbocycles. The van der Waals surface area contributed by atoms with Gasteiger partial charge in [-0.2, -0.15) is 0 Å². The molecule has 1 rings (SSSR count). The van der Waals surface area contributed by atoms with Crippen molar-refractivity contribution in [3.63, 3.8) is 0 Å². The SMILES string of the molecule is CCC(C)N(CC(=O)O)C(=O)c1ccc(OC)cc1C. The van der Waals surface area contributed by atoms with E-state index in [2.05, 4.69) is 0 Å². The molecule has 5 heteroatoms. The van der Waals surface area contributed by atoms with E-state index in [1.165, 1.54) is 4.90 Å². The van der Waals surface area contributed by atoms with Gasteiger partial charge in [0.25, 0.3) is 5.91 Å². The number of carbonyl (C=O) groups is 2. The van der Waals surface area contributed by atoms with Gasteiger partial charge in [-0.15, -0.1) is 0 Å². The highest BCUT2D eigenvalue weighted by Gasteiger charge is 2.24. The standard InChI is InChI=1S/C15H21NO4/c1-5-11(3)16(9-14(17)18)15(19)13-7-6-12(20-4)8-10(13)2/h6-8,11H,5,9H2,1-4H3,(H,17,18). The molecule has 110 valence electrons. The minimum Gasteiger partial charge on any atom is -0.497 e. The number of carboxylic acid groups (broad SMARTS) is 1. The average molecular weight is 279 g/mol. The molecule has 0 saturated heterocycles. The monoisotopic (exact) mass is 279 g/mol. The van der Waals surface area contributed by atoms with Crippen molar-refractivity contribution in [3.8, 4) is 5.75 Å². The van der Waals surface area contributed by atoms with Crippen molar-refractivity contribution in [1.29, 1.82) is 0 Å². The van der Waals surface area contributed by atoms with Crippen LogP contribution in [-0.4, -0.2) is 41.6 Å². The smallest absolute Gasteiger partial charge is 0.323 e. The summed E-state index contributed by atoms with van der Waals surface area (Å²) in [6.45, 7) is 5.29. The maximum absolute atomic E-state index is 12.5. The van der Waals surface area contributed by atoms with Crippen molar-refractivity contribution < 1.29 is 19.4 Å². The molecule has 0 spiro atoms. The molecule has 0 heterocycles. The minimum atomic E-state index is -1.01.